The molecule has 0 aromatic rings. The highest BCUT2D eigenvalue weighted by Gasteiger charge is 2.36. The van der Waals surface area contributed by atoms with Crippen LogP contribution in [0, 0.1) is 5.41 Å². The Labute approximate surface area is 131 Å². The maximum atomic E-state index is 9.45. The lowest BCUT2D eigenvalue weighted by atomic mass is 9.84. The second-order valence-electron chi connectivity index (χ2n) is 7.95. The maximum Gasteiger partial charge on any atom is 0.0940 e. The van der Waals surface area contributed by atoms with Crippen molar-refractivity contribution < 1.29 is 9.84 Å². The van der Waals surface area contributed by atoms with Crippen LogP contribution in [0.1, 0.15) is 54.4 Å². The Morgan fingerprint density at radius 1 is 1.43 bits per heavy atom. The molecule has 0 radical (unpaired) electrons. The number of nitrogens with one attached hydrogen (secondary N) is 1. The Hall–Kier alpha value is -0.160. The molecule has 0 saturated carbocycles. The predicted molar refractivity (Wildman–Crippen MR) is 88.6 cm³/mol. The summed E-state index contributed by atoms with van der Waals surface area (Å²) in [6, 6.07) is 0.521. The van der Waals surface area contributed by atoms with Crippen LogP contribution in [0.3, 0.4) is 0 Å². The van der Waals surface area contributed by atoms with Crippen LogP contribution in [0.5, 0.6) is 0 Å². The van der Waals surface area contributed by atoms with E-state index in [1.54, 1.807) is 0 Å². The van der Waals surface area contributed by atoms with Gasteiger partial charge in [0.15, 0.2) is 0 Å². The monoisotopic (exact) mass is 300 g/mol. The molecule has 1 rings (SSSR count). The Bertz CT molecular complexity index is 307. The van der Waals surface area contributed by atoms with E-state index < -0.39 is 0 Å². The summed E-state index contributed by atoms with van der Waals surface area (Å²) < 4.78 is 5.92. The summed E-state index contributed by atoms with van der Waals surface area (Å²) in [5.41, 5.74) is 0.0939. The highest BCUT2D eigenvalue weighted by molar-refractivity contribution is 4.89. The Kier molecular flexibility index (Phi) is 7.11. The average molecular weight is 300 g/mol. The summed E-state index contributed by atoms with van der Waals surface area (Å²) >= 11 is 0. The van der Waals surface area contributed by atoms with Crippen LogP contribution in [0.15, 0.2) is 0 Å². The van der Waals surface area contributed by atoms with Gasteiger partial charge >= 0.3 is 0 Å². The lowest BCUT2D eigenvalue weighted by Gasteiger charge is -2.45. The van der Waals surface area contributed by atoms with E-state index in [4.69, 9.17) is 4.74 Å². The normalized spacial score (nSPS) is 26.0. The molecule has 2 N–H and O–H groups in total. The van der Waals surface area contributed by atoms with Crippen molar-refractivity contribution in [2.75, 3.05) is 32.8 Å². The first kappa shape index (κ1) is 18.9. The van der Waals surface area contributed by atoms with E-state index in [0.29, 0.717) is 6.04 Å². The Balaban J connectivity index is 2.68. The number of hydrogen-bond acceptors (Lipinski definition) is 4. The van der Waals surface area contributed by atoms with Crippen LogP contribution in [0.2, 0.25) is 0 Å². The molecular formula is C17H36N2O2. The molecule has 1 fully saturated rings. The zero-order valence-electron chi connectivity index (χ0n) is 14.9. The fourth-order valence-corrected chi connectivity index (χ4v) is 3.45. The third-order valence-electron chi connectivity index (χ3n) is 4.15. The molecule has 4 nitrogen and oxygen atoms in total. The molecule has 2 unspecified atom stereocenters. The topological polar surface area (TPSA) is 44.7 Å². The average Bonchev–Trinajstić information content (AvgIpc) is 2.34. The van der Waals surface area contributed by atoms with Crippen molar-refractivity contribution in [3.8, 4) is 0 Å². The van der Waals surface area contributed by atoms with Crippen molar-refractivity contribution in [2.24, 2.45) is 5.41 Å². The van der Waals surface area contributed by atoms with Gasteiger partial charge in [0.1, 0.15) is 0 Å². The van der Waals surface area contributed by atoms with Gasteiger partial charge in [0.25, 0.3) is 0 Å². The lowest BCUT2D eigenvalue weighted by molar-refractivity contribution is -0.153. The number of morpholine rings is 1. The molecular weight excluding hydrogens is 264 g/mol. The number of aliphatic hydroxyl groups is 1. The first-order chi connectivity index (χ1) is 9.69. The minimum Gasteiger partial charge on any atom is -0.394 e. The molecule has 0 bridgehead atoms. The van der Waals surface area contributed by atoms with Crippen LogP contribution < -0.4 is 5.32 Å². The van der Waals surface area contributed by atoms with E-state index in [1.165, 1.54) is 12.8 Å². The first-order valence-corrected chi connectivity index (χ1v) is 8.44. The van der Waals surface area contributed by atoms with Gasteiger partial charge in [-0.3, -0.25) is 4.90 Å². The molecule has 0 amide bonds. The van der Waals surface area contributed by atoms with Crippen LogP contribution in [0.4, 0.5) is 0 Å². The van der Waals surface area contributed by atoms with Crippen molar-refractivity contribution in [2.45, 2.75) is 72.1 Å². The summed E-state index contributed by atoms with van der Waals surface area (Å²) in [6.07, 6.45) is 2.36. The van der Waals surface area contributed by atoms with E-state index in [0.717, 1.165) is 26.2 Å². The molecule has 4 heteroatoms. The van der Waals surface area contributed by atoms with Crippen molar-refractivity contribution in [3.63, 3.8) is 0 Å². The van der Waals surface area contributed by atoms with Crippen LogP contribution in [-0.4, -0.2) is 60.5 Å². The summed E-state index contributed by atoms with van der Waals surface area (Å²) in [5.74, 6) is 0. The van der Waals surface area contributed by atoms with Crippen molar-refractivity contribution >= 4 is 0 Å². The first-order valence-electron chi connectivity index (χ1n) is 8.44. The van der Waals surface area contributed by atoms with E-state index in [9.17, 15) is 5.11 Å². The molecule has 126 valence electrons. The molecule has 0 aromatic heterocycles. The van der Waals surface area contributed by atoms with Gasteiger partial charge in [-0.1, -0.05) is 34.1 Å². The number of aliphatic hydroxyl groups excluding tert-OH is 1. The summed E-state index contributed by atoms with van der Waals surface area (Å²) in [5, 5.41) is 13.1. The molecule has 1 aliphatic rings. The van der Waals surface area contributed by atoms with E-state index in [1.807, 2.05) is 0 Å². The molecule has 1 aliphatic heterocycles. The summed E-state index contributed by atoms with van der Waals surface area (Å²) in [4.78, 5) is 2.47. The minimum atomic E-state index is -0.176. The molecule has 0 aliphatic carbocycles. The fraction of sp³-hybridized carbons (Fsp3) is 1.00. The molecule has 1 heterocycles. The number of rotatable bonds is 8. The third kappa shape index (κ3) is 6.64. The highest BCUT2D eigenvalue weighted by Crippen LogP contribution is 2.28. The second kappa shape index (κ2) is 7.91. The number of hydrogen-bond donors (Lipinski definition) is 2. The molecule has 1 saturated heterocycles. The zero-order chi connectivity index (χ0) is 16.1. The van der Waals surface area contributed by atoms with Crippen molar-refractivity contribution in [1.29, 1.82) is 0 Å². The van der Waals surface area contributed by atoms with Gasteiger partial charge in [-0.25, -0.2) is 0 Å². The standard InChI is InChI=1S/C17H36N2O2/c1-7-8-17(6,11-18-14(2)3)13-19-9-15(10-20)21-16(4,5)12-19/h14-15,18,20H,7-13H2,1-6H3. The van der Waals surface area contributed by atoms with Gasteiger partial charge in [-0.15, -0.1) is 0 Å². The van der Waals surface area contributed by atoms with Gasteiger partial charge < -0.3 is 15.2 Å². The smallest absolute Gasteiger partial charge is 0.0940 e. The predicted octanol–water partition coefficient (Wildman–Crippen LogP) is 2.26. The molecule has 0 aromatic carbocycles. The Morgan fingerprint density at radius 2 is 2.10 bits per heavy atom. The van der Waals surface area contributed by atoms with Crippen LogP contribution >= 0.6 is 0 Å². The summed E-state index contributed by atoms with van der Waals surface area (Å²) in [6.45, 7) is 17.2. The highest BCUT2D eigenvalue weighted by atomic mass is 16.5. The zero-order valence-corrected chi connectivity index (χ0v) is 14.9. The van der Waals surface area contributed by atoms with Crippen LogP contribution in [-0.2, 0) is 4.74 Å². The van der Waals surface area contributed by atoms with Crippen molar-refractivity contribution in [1.82, 2.24) is 10.2 Å². The van der Waals surface area contributed by atoms with Gasteiger partial charge in [0.2, 0.25) is 0 Å². The van der Waals surface area contributed by atoms with Crippen LogP contribution in [0.25, 0.3) is 0 Å². The van der Waals surface area contributed by atoms with Crippen molar-refractivity contribution in [3.05, 3.63) is 0 Å². The molecule has 2 atom stereocenters. The summed E-state index contributed by atoms with van der Waals surface area (Å²) in [7, 11) is 0. The quantitative estimate of drug-likeness (QED) is 0.722. The Morgan fingerprint density at radius 3 is 2.62 bits per heavy atom. The minimum absolute atomic E-state index is 0.0577. The SMILES string of the molecule is CCCC(C)(CNC(C)C)CN1CC(CO)OC(C)(C)C1. The number of ether oxygens (including phenoxy) is 1. The molecule has 21 heavy (non-hydrogen) atoms. The fourth-order valence-electron chi connectivity index (χ4n) is 3.45. The number of nitrogens with zero attached hydrogens (tertiary/aromatic N) is 1. The third-order valence-corrected chi connectivity index (χ3v) is 4.15. The maximum absolute atomic E-state index is 9.45. The van der Waals surface area contributed by atoms with Gasteiger partial charge in [0, 0.05) is 32.2 Å². The van der Waals surface area contributed by atoms with E-state index in [2.05, 4.69) is 51.8 Å². The largest absolute Gasteiger partial charge is 0.394 e. The second-order valence-corrected chi connectivity index (χ2v) is 7.95. The van der Waals surface area contributed by atoms with Gasteiger partial charge in [-0.05, 0) is 25.7 Å². The molecule has 0 spiro atoms. The van der Waals surface area contributed by atoms with E-state index >= 15 is 0 Å². The van der Waals surface area contributed by atoms with Gasteiger partial charge in [-0.2, -0.15) is 0 Å². The van der Waals surface area contributed by atoms with Gasteiger partial charge in [0.05, 0.1) is 18.3 Å². The van der Waals surface area contributed by atoms with E-state index in [-0.39, 0.29) is 23.7 Å². The lowest BCUT2D eigenvalue weighted by Crippen LogP contribution is -2.56.